The molecule has 0 radical (unpaired) electrons. The first-order valence-electron chi connectivity index (χ1n) is 9.61. The summed E-state index contributed by atoms with van der Waals surface area (Å²) in [4.78, 5) is 19.2. The van der Waals surface area contributed by atoms with Crippen LogP contribution in [0.3, 0.4) is 0 Å². The van der Waals surface area contributed by atoms with E-state index in [-0.39, 0.29) is 34.5 Å². The van der Waals surface area contributed by atoms with Crippen LogP contribution in [0.4, 0.5) is 30.7 Å². The zero-order chi connectivity index (χ0) is 27.3. The van der Waals surface area contributed by atoms with Gasteiger partial charge in [-0.15, -0.1) is 6.54 Å². The molecule has 0 unspecified atom stereocenters. The van der Waals surface area contributed by atoms with Crippen molar-refractivity contribution in [3.8, 4) is 11.3 Å². The fraction of sp³-hybridized carbons (Fsp3) is 0.227. The Morgan fingerprint density at radius 3 is 2.08 bits per heavy atom. The van der Waals surface area contributed by atoms with Gasteiger partial charge < -0.3 is 10.4 Å². The Kier molecular flexibility index (Phi) is 9.69. The molecular weight excluding hydrogens is 539 g/mol. The van der Waals surface area contributed by atoms with E-state index >= 15 is 0 Å². The van der Waals surface area contributed by atoms with E-state index in [4.69, 9.17) is 16.7 Å². The Morgan fingerprint density at radius 1 is 1.06 bits per heavy atom. The highest BCUT2D eigenvalue weighted by molar-refractivity contribution is 7.98. The largest absolute Gasteiger partial charge is 0.661 e. The Labute approximate surface area is 209 Å². The predicted octanol–water partition coefficient (Wildman–Crippen LogP) is 7.58. The van der Waals surface area contributed by atoms with Crippen molar-refractivity contribution in [1.82, 2.24) is 9.97 Å². The van der Waals surface area contributed by atoms with Crippen molar-refractivity contribution in [2.45, 2.75) is 24.1 Å². The first-order valence-corrected chi connectivity index (χ1v) is 11.2. The minimum atomic E-state index is -4.80. The summed E-state index contributed by atoms with van der Waals surface area (Å²) in [5, 5.41) is 13.2. The van der Waals surface area contributed by atoms with Gasteiger partial charge in [0.1, 0.15) is 11.4 Å². The summed E-state index contributed by atoms with van der Waals surface area (Å²) in [6.45, 7) is -0.188. The molecule has 0 saturated carbocycles. The average Bonchev–Trinajstić information content (AvgIpc) is 2.78. The summed E-state index contributed by atoms with van der Waals surface area (Å²) >= 11 is 7.21. The van der Waals surface area contributed by atoms with E-state index in [1.54, 1.807) is 6.26 Å². The maximum absolute atomic E-state index is 13.0. The number of carboxylic acids is 1. The lowest BCUT2D eigenvalue weighted by Gasteiger charge is -2.17. The van der Waals surface area contributed by atoms with Gasteiger partial charge in [0.25, 0.3) is 0 Å². The molecular formula is C22H16ClF7N3O2S-. The molecule has 5 nitrogen and oxygen atoms in total. The zero-order valence-corrected chi connectivity index (χ0v) is 20.0. The second-order valence-corrected chi connectivity index (χ2v) is 8.12. The van der Waals surface area contributed by atoms with Gasteiger partial charge in [-0.05, 0) is 42.7 Å². The van der Waals surface area contributed by atoms with Crippen LogP contribution in [0.2, 0.25) is 5.02 Å². The molecule has 0 aliphatic rings. The van der Waals surface area contributed by atoms with E-state index in [0.717, 1.165) is 6.07 Å². The lowest BCUT2D eigenvalue weighted by molar-refractivity contribution is -0.143. The van der Waals surface area contributed by atoms with Crippen molar-refractivity contribution < 1.29 is 40.6 Å². The predicted molar refractivity (Wildman–Crippen MR) is 121 cm³/mol. The summed E-state index contributed by atoms with van der Waals surface area (Å²) in [6, 6.07) is 5.15. The smallest absolute Gasteiger partial charge is 0.416 e. The number of rotatable bonds is 5. The van der Waals surface area contributed by atoms with Gasteiger partial charge in [0.2, 0.25) is 0 Å². The lowest BCUT2D eigenvalue weighted by Crippen LogP contribution is -2.11. The standard InChI is InChI=1S/C12H8ClFN2O2S.C10H8F6N/c1-19-12-15-5-8(11(17)18)10(16-12)7-3-2-6(14)4-9(7)13;1-17-5-6-2-7(9(11,12)13)4-8(3-6)10(14,15)16/h2-5H,1H3,(H,17,18);2-4H,5H2,1H3/q;-1. The molecule has 3 aromatic rings. The zero-order valence-electron chi connectivity index (χ0n) is 18.4. The molecule has 0 atom stereocenters. The van der Waals surface area contributed by atoms with Crippen LogP contribution in [0, 0.1) is 5.82 Å². The summed E-state index contributed by atoms with van der Waals surface area (Å²) < 4.78 is 87.3. The molecule has 0 amide bonds. The molecule has 2 aromatic carbocycles. The van der Waals surface area contributed by atoms with Crippen LogP contribution in [0.1, 0.15) is 27.0 Å². The summed E-state index contributed by atoms with van der Waals surface area (Å²) in [7, 11) is 1.31. The maximum Gasteiger partial charge on any atom is 0.416 e. The van der Waals surface area contributed by atoms with E-state index in [0.29, 0.717) is 22.9 Å². The number of thioether (sulfide) groups is 1. The second kappa shape index (κ2) is 11.9. The molecule has 0 spiro atoms. The minimum Gasteiger partial charge on any atom is -0.661 e. The van der Waals surface area contributed by atoms with Crippen LogP contribution < -0.4 is 0 Å². The molecule has 3 rings (SSSR count). The molecule has 0 bridgehead atoms. The number of carboxylic acid groups (broad SMARTS) is 1. The number of halogens is 8. The molecule has 0 aliphatic heterocycles. The quantitative estimate of drug-likeness (QED) is 0.200. The molecule has 0 aliphatic carbocycles. The number of benzene rings is 2. The van der Waals surface area contributed by atoms with Gasteiger partial charge in [-0.3, -0.25) is 0 Å². The normalized spacial score (nSPS) is 11.6. The van der Waals surface area contributed by atoms with Crippen LogP contribution >= 0.6 is 23.4 Å². The van der Waals surface area contributed by atoms with Gasteiger partial charge in [-0.25, -0.2) is 19.2 Å². The minimum absolute atomic E-state index is 0.0775. The fourth-order valence-corrected chi connectivity index (χ4v) is 3.40. The average molecular weight is 555 g/mol. The van der Waals surface area contributed by atoms with E-state index in [2.05, 4.69) is 15.3 Å². The van der Waals surface area contributed by atoms with Crippen molar-refractivity contribution >= 4 is 29.3 Å². The van der Waals surface area contributed by atoms with E-state index in [1.165, 1.54) is 37.1 Å². The van der Waals surface area contributed by atoms with Crippen LogP contribution in [0.15, 0.2) is 47.8 Å². The van der Waals surface area contributed by atoms with Gasteiger partial charge in [0, 0.05) is 11.8 Å². The third kappa shape index (κ3) is 7.80. The third-order valence-electron chi connectivity index (χ3n) is 4.35. The van der Waals surface area contributed by atoms with Crippen molar-refractivity contribution in [2.75, 3.05) is 13.3 Å². The third-order valence-corrected chi connectivity index (χ3v) is 5.23. The molecule has 0 saturated heterocycles. The van der Waals surface area contributed by atoms with E-state index in [1.807, 2.05) is 0 Å². The van der Waals surface area contributed by atoms with Crippen molar-refractivity contribution in [3.05, 3.63) is 81.0 Å². The Morgan fingerprint density at radius 2 is 1.64 bits per heavy atom. The van der Waals surface area contributed by atoms with Crippen molar-refractivity contribution in [1.29, 1.82) is 0 Å². The monoisotopic (exact) mass is 554 g/mol. The van der Waals surface area contributed by atoms with Crippen molar-refractivity contribution in [3.63, 3.8) is 0 Å². The molecule has 0 fully saturated rings. The highest BCUT2D eigenvalue weighted by atomic mass is 35.5. The number of alkyl halides is 6. The summed E-state index contributed by atoms with van der Waals surface area (Å²) in [6.07, 6.45) is -6.62. The maximum atomic E-state index is 13.0. The van der Waals surface area contributed by atoms with Crippen LogP contribution in [-0.4, -0.2) is 34.3 Å². The van der Waals surface area contributed by atoms with E-state index < -0.39 is 35.3 Å². The van der Waals surface area contributed by atoms with Gasteiger partial charge in [0.15, 0.2) is 5.16 Å². The first-order chi connectivity index (χ1) is 16.7. The number of aromatic nitrogens is 2. The van der Waals surface area contributed by atoms with Crippen LogP contribution in [0.5, 0.6) is 0 Å². The molecule has 14 heteroatoms. The summed E-state index contributed by atoms with van der Waals surface area (Å²) in [5.74, 6) is -1.66. The first kappa shape index (κ1) is 29.3. The SMILES string of the molecule is CSc1ncc(C(=O)O)c(-c2ccc(F)cc2Cl)n1.C[N-]Cc1cc(C(F)(F)F)cc(C(F)(F)F)c1. The molecule has 1 heterocycles. The summed E-state index contributed by atoms with van der Waals surface area (Å²) in [5.41, 5.74) is -2.28. The molecule has 194 valence electrons. The van der Waals surface area contributed by atoms with Crippen LogP contribution in [-0.2, 0) is 18.9 Å². The van der Waals surface area contributed by atoms with Gasteiger partial charge in [0.05, 0.1) is 21.8 Å². The number of aromatic carboxylic acids is 1. The van der Waals surface area contributed by atoms with Gasteiger partial charge >= 0.3 is 18.3 Å². The number of hydrogen-bond donors (Lipinski definition) is 1. The fourth-order valence-electron chi connectivity index (χ4n) is 2.80. The molecule has 1 aromatic heterocycles. The Bertz CT molecular complexity index is 1200. The Hall–Kier alpha value is -2.90. The van der Waals surface area contributed by atoms with Crippen LogP contribution in [0.25, 0.3) is 16.6 Å². The molecule has 1 N–H and O–H groups in total. The number of carbonyl (C=O) groups is 1. The highest BCUT2D eigenvalue weighted by Gasteiger charge is 2.36. The second-order valence-electron chi connectivity index (χ2n) is 6.94. The number of hydrogen-bond acceptors (Lipinski definition) is 4. The highest BCUT2D eigenvalue weighted by Crippen LogP contribution is 2.36. The topological polar surface area (TPSA) is 77.2 Å². The van der Waals surface area contributed by atoms with Gasteiger partial charge in [-0.1, -0.05) is 28.9 Å². The Balaban J connectivity index is 0.000000255. The number of nitrogens with zero attached hydrogens (tertiary/aromatic N) is 3. The lowest BCUT2D eigenvalue weighted by atomic mass is 10.0. The molecule has 36 heavy (non-hydrogen) atoms. The van der Waals surface area contributed by atoms with Crippen molar-refractivity contribution in [2.24, 2.45) is 0 Å². The van der Waals surface area contributed by atoms with E-state index in [9.17, 15) is 35.5 Å². The van der Waals surface area contributed by atoms with Gasteiger partial charge in [-0.2, -0.15) is 33.4 Å².